The molecule has 2 bridgehead atoms. The zero-order chi connectivity index (χ0) is 18.3. The topological polar surface area (TPSA) is 63.0 Å². The van der Waals surface area contributed by atoms with Crippen LogP contribution in [-0.2, 0) is 4.74 Å². The Kier molecular flexibility index (Phi) is 4.86. The molecule has 3 saturated heterocycles. The maximum absolute atomic E-state index is 13.2. The Labute approximate surface area is 157 Å². The molecule has 0 radical (unpaired) electrons. The van der Waals surface area contributed by atoms with Crippen molar-refractivity contribution in [3.63, 3.8) is 0 Å². The highest BCUT2D eigenvalue weighted by Gasteiger charge is 2.37. The number of carbonyl (C=O) groups excluding carboxylic acids is 1. The molecular weight excluding hydrogens is 354 g/mol. The molecule has 0 aliphatic carbocycles. The lowest BCUT2D eigenvalue weighted by Gasteiger charge is -2.35. The van der Waals surface area contributed by atoms with Crippen molar-refractivity contribution >= 4 is 23.2 Å². The molecule has 3 aliphatic heterocycles. The number of nitrogens with zero attached hydrogens (tertiary/aromatic N) is 5. The van der Waals surface area contributed by atoms with Crippen molar-refractivity contribution in [2.24, 2.45) is 5.92 Å². The van der Waals surface area contributed by atoms with Crippen LogP contribution in [0.25, 0.3) is 5.65 Å². The summed E-state index contributed by atoms with van der Waals surface area (Å²) in [4.78, 5) is 21.9. The average Bonchev–Trinajstić information content (AvgIpc) is 2.79. The van der Waals surface area contributed by atoms with Gasteiger partial charge in [-0.1, -0.05) is 11.6 Å². The fraction of sp³-hybridized carbons (Fsp3) is 0.611. The number of carbonyl (C=O) groups is 1. The van der Waals surface area contributed by atoms with Crippen molar-refractivity contribution in [1.29, 1.82) is 0 Å². The normalized spacial score (nSPS) is 23.6. The molecule has 0 unspecified atom stereocenters. The number of rotatable bonds is 4. The molecule has 26 heavy (non-hydrogen) atoms. The van der Waals surface area contributed by atoms with Gasteiger partial charge >= 0.3 is 0 Å². The number of methoxy groups -OCH3 is 1. The van der Waals surface area contributed by atoms with Gasteiger partial charge in [-0.3, -0.25) is 9.69 Å². The van der Waals surface area contributed by atoms with Gasteiger partial charge in [-0.15, -0.1) is 0 Å². The molecule has 3 fully saturated rings. The van der Waals surface area contributed by atoms with Gasteiger partial charge in [-0.25, -0.2) is 9.50 Å². The summed E-state index contributed by atoms with van der Waals surface area (Å²) in [6, 6.07) is 0.379. The molecule has 5 rings (SSSR count). The predicted molar refractivity (Wildman–Crippen MR) is 98.6 cm³/mol. The molecule has 2 aromatic rings. The van der Waals surface area contributed by atoms with E-state index in [2.05, 4.69) is 15.0 Å². The summed E-state index contributed by atoms with van der Waals surface area (Å²) in [5, 5.41) is 4.75. The van der Waals surface area contributed by atoms with E-state index in [9.17, 15) is 4.79 Å². The Morgan fingerprint density at radius 2 is 2.19 bits per heavy atom. The molecule has 0 aromatic carbocycles. The fourth-order valence-electron chi connectivity index (χ4n) is 4.11. The number of amides is 1. The molecule has 8 heteroatoms. The van der Waals surface area contributed by atoms with Crippen LogP contribution in [0.5, 0.6) is 0 Å². The highest BCUT2D eigenvalue weighted by atomic mass is 35.5. The second-order valence-electron chi connectivity index (χ2n) is 7.36. The zero-order valence-corrected chi connectivity index (χ0v) is 15.9. The molecule has 2 atom stereocenters. The Bertz CT molecular complexity index is 823. The highest BCUT2D eigenvalue weighted by Crippen LogP contribution is 2.30. The minimum Gasteiger partial charge on any atom is -0.383 e. The van der Waals surface area contributed by atoms with Crippen LogP contribution < -0.4 is 0 Å². The van der Waals surface area contributed by atoms with Crippen LogP contribution >= 0.6 is 11.6 Å². The maximum Gasteiger partial charge on any atom is 0.276 e. The van der Waals surface area contributed by atoms with E-state index < -0.39 is 0 Å². The Morgan fingerprint density at radius 1 is 1.35 bits per heavy atom. The number of piperidine rings is 1. The van der Waals surface area contributed by atoms with Crippen LogP contribution in [0.4, 0.5) is 0 Å². The van der Waals surface area contributed by atoms with Crippen LogP contribution in [0.3, 0.4) is 0 Å². The maximum atomic E-state index is 13.2. The number of halogens is 1. The van der Waals surface area contributed by atoms with E-state index in [-0.39, 0.29) is 5.91 Å². The highest BCUT2D eigenvalue weighted by molar-refractivity contribution is 6.36. The smallest absolute Gasteiger partial charge is 0.276 e. The molecule has 1 amide bonds. The first-order valence-corrected chi connectivity index (χ1v) is 9.47. The van der Waals surface area contributed by atoms with Crippen molar-refractivity contribution in [3.8, 4) is 0 Å². The molecular formula is C18H24ClN5O2. The van der Waals surface area contributed by atoms with E-state index in [1.807, 2.05) is 18.0 Å². The Morgan fingerprint density at radius 3 is 3.00 bits per heavy atom. The summed E-state index contributed by atoms with van der Waals surface area (Å²) in [5.41, 5.74) is 1.80. The molecule has 5 heterocycles. The van der Waals surface area contributed by atoms with Gasteiger partial charge in [0, 0.05) is 51.7 Å². The summed E-state index contributed by atoms with van der Waals surface area (Å²) in [6.45, 7) is 6.08. The van der Waals surface area contributed by atoms with Crippen molar-refractivity contribution in [1.82, 2.24) is 24.4 Å². The number of hydrogen-bond acceptors (Lipinski definition) is 5. The number of ether oxygens (including phenoxy) is 1. The van der Waals surface area contributed by atoms with Crippen molar-refractivity contribution in [3.05, 3.63) is 28.7 Å². The molecule has 0 N–H and O–H groups in total. The number of aryl methyl sites for hydroxylation is 1. The van der Waals surface area contributed by atoms with E-state index in [0.717, 1.165) is 51.2 Å². The van der Waals surface area contributed by atoms with Crippen LogP contribution in [0, 0.1) is 12.8 Å². The molecule has 7 nitrogen and oxygen atoms in total. The van der Waals surface area contributed by atoms with E-state index in [1.54, 1.807) is 17.8 Å². The summed E-state index contributed by atoms with van der Waals surface area (Å²) >= 11 is 6.43. The van der Waals surface area contributed by atoms with Crippen LogP contribution in [-0.4, -0.2) is 76.2 Å². The van der Waals surface area contributed by atoms with Gasteiger partial charge in [0.2, 0.25) is 0 Å². The Balaban J connectivity index is 1.58. The first-order chi connectivity index (χ1) is 12.6. The van der Waals surface area contributed by atoms with Gasteiger partial charge in [0.25, 0.3) is 5.91 Å². The second kappa shape index (κ2) is 7.13. The molecule has 2 aromatic heterocycles. The van der Waals surface area contributed by atoms with Crippen LogP contribution in [0.2, 0.25) is 5.02 Å². The van der Waals surface area contributed by atoms with E-state index >= 15 is 0 Å². The Hall–Kier alpha value is -1.70. The van der Waals surface area contributed by atoms with Gasteiger partial charge in [-0.05, 0) is 31.2 Å². The molecule has 3 aliphatic rings. The number of aromatic nitrogens is 3. The lowest BCUT2D eigenvalue weighted by molar-refractivity contribution is 0.0712. The molecule has 140 valence electrons. The van der Waals surface area contributed by atoms with Gasteiger partial charge < -0.3 is 9.64 Å². The van der Waals surface area contributed by atoms with E-state index in [0.29, 0.717) is 28.3 Å². The van der Waals surface area contributed by atoms with Crippen molar-refractivity contribution in [2.45, 2.75) is 25.8 Å². The first kappa shape index (κ1) is 17.7. The zero-order valence-electron chi connectivity index (χ0n) is 15.2. The summed E-state index contributed by atoms with van der Waals surface area (Å²) in [5.74, 6) is 0.398. The number of hydrogen-bond donors (Lipinski definition) is 0. The first-order valence-electron chi connectivity index (χ1n) is 9.09. The van der Waals surface area contributed by atoms with Crippen LogP contribution in [0.15, 0.2) is 12.4 Å². The van der Waals surface area contributed by atoms with Crippen molar-refractivity contribution < 1.29 is 9.53 Å². The molecule has 0 spiro atoms. The summed E-state index contributed by atoms with van der Waals surface area (Å²) < 4.78 is 6.84. The van der Waals surface area contributed by atoms with Crippen molar-refractivity contribution in [2.75, 3.05) is 39.9 Å². The minimum absolute atomic E-state index is 0.0938. The third-order valence-corrected chi connectivity index (χ3v) is 5.79. The molecule has 0 saturated carbocycles. The van der Waals surface area contributed by atoms with E-state index in [4.69, 9.17) is 16.3 Å². The SMILES string of the molecule is COCCN1C[C@@H]2CC[C@H]1CN(C(=O)c1nn3cc(C)cnc3c1Cl)C2. The lowest BCUT2D eigenvalue weighted by atomic mass is 9.95. The summed E-state index contributed by atoms with van der Waals surface area (Å²) in [6.07, 6.45) is 5.86. The van der Waals surface area contributed by atoms with Gasteiger partial charge in [0.05, 0.1) is 6.61 Å². The van der Waals surface area contributed by atoms with Gasteiger partial charge in [-0.2, -0.15) is 5.10 Å². The average molecular weight is 378 g/mol. The van der Waals surface area contributed by atoms with Crippen LogP contribution in [0.1, 0.15) is 28.9 Å². The number of fused-ring (bicyclic) bond motifs is 5. The van der Waals surface area contributed by atoms with Gasteiger partial charge in [0.1, 0.15) is 5.02 Å². The minimum atomic E-state index is -0.0938. The lowest BCUT2D eigenvalue weighted by Crippen LogP contribution is -2.45. The monoisotopic (exact) mass is 377 g/mol. The van der Waals surface area contributed by atoms with Gasteiger partial charge in [0.15, 0.2) is 11.3 Å². The predicted octanol–water partition coefficient (Wildman–Crippen LogP) is 1.87. The fourth-order valence-corrected chi connectivity index (χ4v) is 4.37. The largest absolute Gasteiger partial charge is 0.383 e. The standard InChI is InChI=1S/C18H24ClN5O2/c1-12-7-20-17-15(19)16(21-24(17)8-12)18(25)23-10-13-3-4-14(11-23)22(9-13)5-6-26-2/h7-8,13-14H,3-6,9-11H2,1-2H3/t13-,14-/m0/s1. The quantitative estimate of drug-likeness (QED) is 0.814. The second-order valence-corrected chi connectivity index (χ2v) is 7.74. The third-order valence-electron chi connectivity index (χ3n) is 5.44. The summed E-state index contributed by atoms with van der Waals surface area (Å²) in [7, 11) is 1.73. The van der Waals surface area contributed by atoms with E-state index in [1.165, 1.54) is 0 Å². The third kappa shape index (κ3) is 3.19.